The van der Waals surface area contributed by atoms with Crippen LogP contribution in [0.25, 0.3) is 0 Å². The SMILES string of the molecule is CCOC(=O)c1c(C)[nH]c(C(=O)COC(=O)c2ccc(COc3ccccc3)o2)c1C. The fourth-order valence-electron chi connectivity index (χ4n) is 3.05. The summed E-state index contributed by atoms with van der Waals surface area (Å²) in [5.74, 6) is -0.671. The topological polar surface area (TPSA) is 108 Å². The average molecular weight is 425 g/mol. The molecule has 3 aromatic rings. The molecule has 8 nitrogen and oxygen atoms in total. The van der Waals surface area contributed by atoms with Crippen LogP contribution in [-0.2, 0) is 16.1 Å². The Morgan fingerprint density at radius 1 is 0.968 bits per heavy atom. The van der Waals surface area contributed by atoms with E-state index in [1.54, 1.807) is 39.0 Å². The van der Waals surface area contributed by atoms with Crippen LogP contribution < -0.4 is 4.74 Å². The average Bonchev–Trinajstić information content (AvgIpc) is 3.35. The third kappa shape index (κ3) is 5.22. The molecule has 0 radical (unpaired) electrons. The standard InChI is InChI=1S/C23H23NO7/c1-4-28-23(27)20-14(2)21(24-15(20)3)18(25)13-30-22(26)19-11-10-17(31-19)12-29-16-8-6-5-7-9-16/h5-11,24H,4,12-13H2,1-3H3. The third-order valence-corrected chi connectivity index (χ3v) is 4.52. The number of furan rings is 1. The molecule has 0 atom stereocenters. The lowest BCUT2D eigenvalue weighted by atomic mass is 10.1. The molecule has 31 heavy (non-hydrogen) atoms. The van der Waals surface area contributed by atoms with Gasteiger partial charge in [0, 0.05) is 5.69 Å². The maximum atomic E-state index is 12.5. The summed E-state index contributed by atoms with van der Waals surface area (Å²) < 4.78 is 21.1. The highest BCUT2D eigenvalue weighted by atomic mass is 16.6. The lowest BCUT2D eigenvalue weighted by Gasteiger charge is -2.04. The number of ether oxygens (including phenoxy) is 3. The molecule has 0 fully saturated rings. The number of aromatic amines is 1. The Balaban J connectivity index is 1.57. The van der Waals surface area contributed by atoms with Crippen molar-refractivity contribution in [2.45, 2.75) is 27.4 Å². The van der Waals surface area contributed by atoms with Gasteiger partial charge in [0.2, 0.25) is 11.5 Å². The molecule has 2 aromatic heterocycles. The zero-order valence-electron chi connectivity index (χ0n) is 17.5. The van der Waals surface area contributed by atoms with Crippen molar-refractivity contribution < 1.29 is 33.0 Å². The minimum atomic E-state index is -0.772. The van der Waals surface area contributed by atoms with E-state index in [9.17, 15) is 14.4 Å². The van der Waals surface area contributed by atoms with Crippen LogP contribution in [0.15, 0.2) is 46.9 Å². The molecular weight excluding hydrogens is 402 g/mol. The minimum Gasteiger partial charge on any atom is -0.486 e. The van der Waals surface area contributed by atoms with Gasteiger partial charge in [-0.15, -0.1) is 0 Å². The first kappa shape index (κ1) is 21.9. The predicted molar refractivity (Wildman–Crippen MR) is 110 cm³/mol. The fraction of sp³-hybridized carbons (Fsp3) is 0.261. The molecule has 0 bridgehead atoms. The largest absolute Gasteiger partial charge is 0.486 e. The van der Waals surface area contributed by atoms with Crippen LogP contribution in [-0.4, -0.2) is 35.9 Å². The highest BCUT2D eigenvalue weighted by Gasteiger charge is 2.24. The normalized spacial score (nSPS) is 10.5. The maximum Gasteiger partial charge on any atom is 0.374 e. The predicted octanol–water partition coefficient (Wildman–Crippen LogP) is 4.02. The van der Waals surface area contributed by atoms with Gasteiger partial charge in [-0.05, 0) is 50.6 Å². The van der Waals surface area contributed by atoms with E-state index in [0.29, 0.717) is 28.3 Å². The number of hydrogen-bond donors (Lipinski definition) is 1. The molecule has 0 aliphatic heterocycles. The van der Waals surface area contributed by atoms with Crippen LogP contribution in [0.4, 0.5) is 0 Å². The van der Waals surface area contributed by atoms with E-state index in [1.165, 1.54) is 6.07 Å². The summed E-state index contributed by atoms with van der Waals surface area (Å²) in [4.78, 5) is 39.7. The number of carbonyl (C=O) groups excluding carboxylic acids is 3. The van der Waals surface area contributed by atoms with Gasteiger partial charge in [0.15, 0.2) is 6.61 Å². The van der Waals surface area contributed by atoms with Crippen molar-refractivity contribution in [1.82, 2.24) is 4.98 Å². The minimum absolute atomic E-state index is 0.0361. The molecule has 2 heterocycles. The van der Waals surface area contributed by atoms with Crippen LogP contribution in [0.2, 0.25) is 0 Å². The van der Waals surface area contributed by atoms with E-state index >= 15 is 0 Å². The molecule has 0 saturated carbocycles. The number of aromatic nitrogens is 1. The van der Waals surface area contributed by atoms with Crippen LogP contribution in [0.5, 0.6) is 5.75 Å². The summed E-state index contributed by atoms with van der Waals surface area (Å²) in [5, 5.41) is 0. The second-order valence-electron chi connectivity index (χ2n) is 6.71. The van der Waals surface area contributed by atoms with Crippen LogP contribution >= 0.6 is 0 Å². The first-order valence-corrected chi connectivity index (χ1v) is 9.73. The highest BCUT2D eigenvalue weighted by molar-refractivity contribution is 6.03. The summed E-state index contributed by atoms with van der Waals surface area (Å²) in [6.45, 7) is 4.88. The summed E-state index contributed by atoms with van der Waals surface area (Å²) >= 11 is 0. The fourth-order valence-corrected chi connectivity index (χ4v) is 3.05. The van der Waals surface area contributed by atoms with Crippen molar-refractivity contribution >= 4 is 17.7 Å². The quantitative estimate of drug-likeness (QED) is 0.407. The molecule has 0 saturated heterocycles. The molecule has 162 valence electrons. The van der Waals surface area contributed by atoms with Crippen molar-refractivity contribution in [2.24, 2.45) is 0 Å². The molecule has 0 spiro atoms. The number of esters is 2. The molecule has 1 N–H and O–H groups in total. The Morgan fingerprint density at radius 2 is 1.71 bits per heavy atom. The van der Waals surface area contributed by atoms with Gasteiger partial charge in [-0.1, -0.05) is 18.2 Å². The number of Topliss-reactive ketones (excluding diaryl/α,β-unsaturated/α-hetero) is 1. The summed E-state index contributed by atoms with van der Waals surface area (Å²) in [7, 11) is 0. The molecule has 0 aliphatic carbocycles. The van der Waals surface area contributed by atoms with Crippen LogP contribution in [0.3, 0.4) is 0 Å². The van der Waals surface area contributed by atoms with E-state index in [0.717, 1.165) is 0 Å². The first-order chi connectivity index (χ1) is 14.9. The number of carbonyl (C=O) groups is 3. The molecule has 8 heteroatoms. The summed E-state index contributed by atoms with van der Waals surface area (Å²) in [6.07, 6.45) is 0. The highest BCUT2D eigenvalue weighted by Crippen LogP contribution is 2.20. The molecular formula is C23H23NO7. The number of rotatable bonds is 9. The second-order valence-corrected chi connectivity index (χ2v) is 6.71. The van der Waals surface area contributed by atoms with Crippen molar-refractivity contribution in [3.05, 3.63) is 76.5 Å². The number of para-hydroxylation sites is 1. The Kier molecular flexibility index (Phi) is 6.92. The Hall–Kier alpha value is -3.81. The van der Waals surface area contributed by atoms with Crippen LogP contribution in [0.1, 0.15) is 55.3 Å². The van der Waals surface area contributed by atoms with Crippen molar-refractivity contribution in [2.75, 3.05) is 13.2 Å². The summed E-state index contributed by atoms with van der Waals surface area (Å²) in [6, 6.07) is 12.2. The van der Waals surface area contributed by atoms with Gasteiger partial charge in [-0.25, -0.2) is 9.59 Å². The molecule has 0 aliphatic rings. The van der Waals surface area contributed by atoms with E-state index < -0.39 is 24.3 Å². The van der Waals surface area contributed by atoms with Crippen molar-refractivity contribution in [3.63, 3.8) is 0 Å². The van der Waals surface area contributed by atoms with Crippen molar-refractivity contribution in [3.8, 4) is 5.75 Å². The van der Waals surface area contributed by atoms with Crippen molar-refractivity contribution in [1.29, 1.82) is 0 Å². The number of hydrogen-bond acceptors (Lipinski definition) is 7. The zero-order valence-corrected chi connectivity index (χ0v) is 17.5. The molecule has 1 aromatic carbocycles. The third-order valence-electron chi connectivity index (χ3n) is 4.52. The number of nitrogens with one attached hydrogen (secondary N) is 1. The summed E-state index contributed by atoms with van der Waals surface area (Å²) in [5.41, 5.74) is 1.48. The second kappa shape index (κ2) is 9.80. The van der Waals surface area contributed by atoms with Gasteiger partial charge in [0.05, 0.1) is 17.9 Å². The molecule has 0 unspecified atom stereocenters. The van der Waals surface area contributed by atoms with Gasteiger partial charge >= 0.3 is 11.9 Å². The zero-order chi connectivity index (χ0) is 22.4. The Labute approximate surface area is 179 Å². The van der Waals surface area contributed by atoms with E-state index in [1.807, 2.05) is 18.2 Å². The number of benzene rings is 1. The van der Waals surface area contributed by atoms with Gasteiger partial charge in [-0.3, -0.25) is 4.79 Å². The first-order valence-electron chi connectivity index (χ1n) is 9.73. The Morgan fingerprint density at radius 3 is 2.42 bits per heavy atom. The number of aryl methyl sites for hydroxylation is 1. The lowest BCUT2D eigenvalue weighted by molar-refractivity contribution is 0.0438. The van der Waals surface area contributed by atoms with E-state index in [-0.39, 0.29) is 24.7 Å². The van der Waals surface area contributed by atoms with Gasteiger partial charge in [0.25, 0.3) is 0 Å². The smallest absolute Gasteiger partial charge is 0.374 e. The molecule has 0 amide bonds. The van der Waals surface area contributed by atoms with Gasteiger partial charge in [-0.2, -0.15) is 0 Å². The van der Waals surface area contributed by atoms with E-state index in [2.05, 4.69) is 4.98 Å². The molecule has 3 rings (SSSR count). The number of ketones is 1. The maximum absolute atomic E-state index is 12.5. The Bertz CT molecular complexity index is 1080. The van der Waals surface area contributed by atoms with Gasteiger partial charge in [0.1, 0.15) is 18.1 Å². The van der Waals surface area contributed by atoms with Gasteiger partial charge < -0.3 is 23.6 Å². The lowest BCUT2D eigenvalue weighted by Crippen LogP contribution is -2.15. The van der Waals surface area contributed by atoms with E-state index in [4.69, 9.17) is 18.6 Å². The monoisotopic (exact) mass is 425 g/mol. The number of H-pyrrole nitrogens is 1. The van der Waals surface area contributed by atoms with Crippen LogP contribution in [0, 0.1) is 13.8 Å².